The number of hydrogen-bond acceptors (Lipinski definition) is 4. The lowest BCUT2D eigenvalue weighted by atomic mass is 10.2. The van der Waals surface area contributed by atoms with Crippen molar-refractivity contribution in [2.24, 2.45) is 0 Å². The van der Waals surface area contributed by atoms with Crippen LogP contribution >= 0.6 is 11.6 Å². The van der Waals surface area contributed by atoms with Crippen LogP contribution in [-0.4, -0.2) is 28.3 Å². The predicted molar refractivity (Wildman–Crippen MR) is 68.2 cm³/mol. The third kappa shape index (κ3) is 2.35. The third-order valence-corrected chi connectivity index (χ3v) is 2.91. The number of aromatic nitrogens is 3. The minimum absolute atomic E-state index is 0.189. The van der Waals surface area contributed by atoms with Gasteiger partial charge in [-0.2, -0.15) is 0 Å². The van der Waals surface area contributed by atoms with Crippen molar-refractivity contribution in [3.05, 3.63) is 17.3 Å². The first kappa shape index (κ1) is 12.1. The fraction of sp³-hybridized carbons (Fsp3) is 0.455. The Kier molecular flexibility index (Phi) is 3.49. The Morgan fingerprint density at radius 3 is 3.06 bits per heavy atom. The Labute approximate surface area is 105 Å². The van der Waals surface area contributed by atoms with E-state index in [1.807, 2.05) is 4.57 Å². The maximum Gasteiger partial charge on any atom is 0.202 e. The van der Waals surface area contributed by atoms with Crippen molar-refractivity contribution < 1.29 is 4.74 Å². The molecule has 0 spiro atoms. The van der Waals surface area contributed by atoms with Gasteiger partial charge in [-0.25, -0.2) is 9.97 Å². The minimum Gasteiger partial charge on any atom is -0.385 e. The van der Waals surface area contributed by atoms with E-state index in [1.165, 1.54) is 0 Å². The molecule has 0 saturated carbocycles. The molecule has 92 valence electrons. The molecular weight excluding hydrogens is 240 g/mol. The van der Waals surface area contributed by atoms with Gasteiger partial charge >= 0.3 is 0 Å². The van der Waals surface area contributed by atoms with Crippen LogP contribution in [-0.2, 0) is 4.74 Å². The second-order valence-electron chi connectivity index (χ2n) is 3.97. The fourth-order valence-electron chi connectivity index (χ4n) is 1.83. The van der Waals surface area contributed by atoms with Crippen LogP contribution in [0.4, 0.5) is 5.95 Å². The number of ether oxygens (including phenoxy) is 1. The van der Waals surface area contributed by atoms with Gasteiger partial charge < -0.3 is 10.5 Å². The number of rotatable bonds is 4. The Balaban J connectivity index is 2.42. The zero-order chi connectivity index (χ0) is 12.4. The summed E-state index contributed by atoms with van der Waals surface area (Å²) < 4.78 is 6.97. The highest BCUT2D eigenvalue weighted by molar-refractivity contribution is 6.31. The second kappa shape index (κ2) is 4.89. The minimum atomic E-state index is 0.189. The molecule has 2 rings (SSSR count). The summed E-state index contributed by atoms with van der Waals surface area (Å²) in [5.74, 6) is 0.457. The number of nitrogen functional groups attached to an aromatic ring is 1. The molecular formula is C11H15ClN4O. The van der Waals surface area contributed by atoms with Crippen molar-refractivity contribution in [2.45, 2.75) is 19.4 Å². The highest BCUT2D eigenvalue weighted by Crippen LogP contribution is 2.24. The van der Waals surface area contributed by atoms with Gasteiger partial charge in [-0.3, -0.25) is 4.57 Å². The van der Waals surface area contributed by atoms with Gasteiger partial charge in [0.1, 0.15) is 5.52 Å². The maximum absolute atomic E-state index is 5.90. The number of nitrogens with zero attached hydrogens (tertiary/aromatic N) is 3. The maximum atomic E-state index is 5.90. The van der Waals surface area contributed by atoms with Gasteiger partial charge in [0.2, 0.25) is 5.95 Å². The number of anilines is 1. The summed E-state index contributed by atoms with van der Waals surface area (Å²) in [6.45, 7) is 2.74. The van der Waals surface area contributed by atoms with Crippen LogP contribution in [0, 0.1) is 0 Å². The average molecular weight is 255 g/mol. The van der Waals surface area contributed by atoms with E-state index in [2.05, 4.69) is 16.9 Å². The van der Waals surface area contributed by atoms with E-state index < -0.39 is 0 Å². The summed E-state index contributed by atoms with van der Waals surface area (Å²) in [7, 11) is 1.68. The average Bonchev–Trinajstić information content (AvgIpc) is 2.61. The van der Waals surface area contributed by atoms with Gasteiger partial charge in [-0.05, 0) is 19.4 Å². The number of pyridine rings is 1. The van der Waals surface area contributed by atoms with Crippen LogP contribution in [0.1, 0.15) is 19.4 Å². The smallest absolute Gasteiger partial charge is 0.202 e. The van der Waals surface area contributed by atoms with E-state index in [4.69, 9.17) is 22.1 Å². The van der Waals surface area contributed by atoms with Crippen LogP contribution in [0.3, 0.4) is 0 Å². The highest BCUT2D eigenvalue weighted by atomic mass is 35.5. The van der Waals surface area contributed by atoms with Gasteiger partial charge in [0.25, 0.3) is 0 Å². The normalized spacial score (nSPS) is 13.1. The molecule has 2 aromatic heterocycles. The number of hydrogen-bond donors (Lipinski definition) is 1. The number of fused-ring (bicyclic) bond motifs is 1. The van der Waals surface area contributed by atoms with Crippen LogP contribution in [0.2, 0.25) is 5.02 Å². The first-order valence-electron chi connectivity index (χ1n) is 5.41. The standard InChI is InChI=1S/C11H15ClN4O/c1-7(3-4-17-2)16-10-9(15-11(16)13)5-8(12)6-14-10/h5-7H,3-4H2,1-2H3,(H2,13,15). The van der Waals surface area contributed by atoms with E-state index in [0.29, 0.717) is 17.6 Å². The van der Waals surface area contributed by atoms with Crippen LogP contribution in [0.25, 0.3) is 11.2 Å². The van der Waals surface area contributed by atoms with Crippen molar-refractivity contribution in [3.8, 4) is 0 Å². The first-order valence-corrected chi connectivity index (χ1v) is 5.79. The molecule has 2 heterocycles. The second-order valence-corrected chi connectivity index (χ2v) is 4.40. The van der Waals surface area contributed by atoms with E-state index >= 15 is 0 Å². The van der Waals surface area contributed by atoms with Gasteiger partial charge in [0.05, 0.1) is 5.02 Å². The first-order chi connectivity index (χ1) is 8.13. The molecule has 0 amide bonds. The third-order valence-electron chi connectivity index (χ3n) is 2.70. The van der Waals surface area contributed by atoms with Gasteiger partial charge in [-0.1, -0.05) is 11.6 Å². The fourth-order valence-corrected chi connectivity index (χ4v) is 1.98. The summed E-state index contributed by atoms with van der Waals surface area (Å²) in [5.41, 5.74) is 7.39. The lowest BCUT2D eigenvalue weighted by Gasteiger charge is -2.14. The van der Waals surface area contributed by atoms with Gasteiger partial charge in [0, 0.05) is 26.0 Å². The Morgan fingerprint density at radius 2 is 2.35 bits per heavy atom. The molecule has 6 heteroatoms. The van der Waals surface area contributed by atoms with E-state index in [1.54, 1.807) is 19.4 Å². The number of methoxy groups -OCH3 is 1. The monoisotopic (exact) mass is 254 g/mol. The molecule has 2 N–H and O–H groups in total. The van der Waals surface area contributed by atoms with E-state index in [9.17, 15) is 0 Å². The van der Waals surface area contributed by atoms with Crippen molar-refractivity contribution >= 4 is 28.7 Å². The Morgan fingerprint density at radius 1 is 1.59 bits per heavy atom. The quantitative estimate of drug-likeness (QED) is 0.909. The van der Waals surface area contributed by atoms with E-state index in [-0.39, 0.29) is 6.04 Å². The lowest BCUT2D eigenvalue weighted by Crippen LogP contribution is -2.11. The summed E-state index contributed by atoms with van der Waals surface area (Å²) in [4.78, 5) is 8.53. The van der Waals surface area contributed by atoms with Crippen molar-refractivity contribution in [3.63, 3.8) is 0 Å². The molecule has 1 atom stereocenters. The Hall–Kier alpha value is -1.33. The van der Waals surface area contributed by atoms with Crippen molar-refractivity contribution in [2.75, 3.05) is 19.5 Å². The Bertz CT molecular complexity index is 525. The topological polar surface area (TPSA) is 66.0 Å². The lowest BCUT2D eigenvalue weighted by molar-refractivity contribution is 0.182. The van der Waals surface area contributed by atoms with E-state index in [0.717, 1.165) is 17.6 Å². The largest absolute Gasteiger partial charge is 0.385 e. The van der Waals surface area contributed by atoms with Crippen molar-refractivity contribution in [1.82, 2.24) is 14.5 Å². The van der Waals surface area contributed by atoms with Crippen molar-refractivity contribution in [1.29, 1.82) is 0 Å². The van der Waals surface area contributed by atoms with Gasteiger partial charge in [-0.15, -0.1) is 0 Å². The molecule has 0 fully saturated rings. The summed E-state index contributed by atoms with van der Waals surface area (Å²) in [6.07, 6.45) is 2.46. The summed E-state index contributed by atoms with van der Waals surface area (Å²) in [5, 5.41) is 0.562. The molecule has 5 nitrogen and oxygen atoms in total. The molecule has 0 aliphatic carbocycles. The molecule has 0 saturated heterocycles. The highest BCUT2D eigenvalue weighted by Gasteiger charge is 2.15. The summed E-state index contributed by atoms with van der Waals surface area (Å²) >= 11 is 5.87. The van der Waals surface area contributed by atoms with Crippen LogP contribution in [0.5, 0.6) is 0 Å². The summed E-state index contributed by atoms with van der Waals surface area (Å²) in [6, 6.07) is 1.95. The SMILES string of the molecule is COCCC(C)n1c(N)nc2cc(Cl)cnc21. The van der Waals surface area contributed by atoms with Crippen LogP contribution in [0.15, 0.2) is 12.3 Å². The van der Waals surface area contributed by atoms with Crippen LogP contribution < -0.4 is 5.73 Å². The predicted octanol–water partition coefficient (Wildman–Crippen LogP) is 2.26. The molecule has 0 bridgehead atoms. The zero-order valence-corrected chi connectivity index (χ0v) is 10.6. The molecule has 1 unspecified atom stereocenters. The number of imidazole rings is 1. The zero-order valence-electron chi connectivity index (χ0n) is 9.85. The molecule has 0 aliphatic rings. The number of nitrogens with two attached hydrogens (primary N) is 1. The molecule has 17 heavy (non-hydrogen) atoms. The number of halogens is 1. The molecule has 0 aliphatic heterocycles. The molecule has 0 radical (unpaired) electrons. The molecule has 2 aromatic rings. The van der Waals surface area contributed by atoms with Gasteiger partial charge in [0.15, 0.2) is 5.65 Å². The molecule has 0 aromatic carbocycles.